The molecule has 0 bridgehead atoms. The van der Waals surface area contributed by atoms with E-state index in [2.05, 4.69) is 31.9 Å². The summed E-state index contributed by atoms with van der Waals surface area (Å²) in [6.07, 6.45) is 0. The average molecular weight is 375 g/mol. The number of anilines is 1. The van der Waals surface area contributed by atoms with Gasteiger partial charge in [-0.3, -0.25) is 0 Å². The Balaban J connectivity index is 2.11. The predicted octanol–water partition coefficient (Wildman–Crippen LogP) is 4.51. The maximum atomic E-state index is 12.9. The Hall–Kier alpha value is -1.07. The monoisotopic (exact) mass is 373 g/mol. The molecule has 0 aliphatic rings. The molecule has 18 heavy (non-hydrogen) atoms. The summed E-state index contributed by atoms with van der Waals surface area (Å²) < 4.78 is 20.3. The van der Waals surface area contributed by atoms with Crippen LogP contribution in [0.2, 0.25) is 0 Å². The predicted molar refractivity (Wildman–Crippen MR) is 77.0 cm³/mol. The zero-order valence-corrected chi connectivity index (χ0v) is 12.5. The Morgan fingerprint density at radius 1 is 1.11 bits per heavy atom. The molecule has 2 rings (SSSR count). The van der Waals surface area contributed by atoms with E-state index in [-0.39, 0.29) is 5.82 Å². The first kappa shape index (κ1) is 13.4. The van der Waals surface area contributed by atoms with E-state index in [9.17, 15) is 4.39 Å². The van der Waals surface area contributed by atoms with Crippen LogP contribution in [0.15, 0.2) is 45.3 Å². The van der Waals surface area contributed by atoms with Gasteiger partial charge in [0.05, 0.1) is 4.47 Å². The fraction of sp³-hybridized carbons (Fsp3) is 0.0769. The normalized spacial score (nSPS) is 10.4. The molecule has 2 aromatic carbocycles. The molecule has 0 spiro atoms. The van der Waals surface area contributed by atoms with Crippen LogP contribution in [0.3, 0.4) is 0 Å². The first-order chi connectivity index (χ1) is 8.56. The molecular formula is C13H10Br2FNO. The molecule has 0 aliphatic carbocycles. The third-order valence-electron chi connectivity index (χ3n) is 2.39. The van der Waals surface area contributed by atoms with E-state index >= 15 is 0 Å². The maximum Gasteiger partial charge on any atom is 0.134 e. The number of hydrogen-bond donors (Lipinski definition) is 1. The molecule has 0 heterocycles. The average Bonchev–Trinajstić information content (AvgIpc) is 2.30. The summed E-state index contributed by atoms with van der Waals surface area (Å²) in [5, 5.41) is 0. The second kappa shape index (κ2) is 5.71. The van der Waals surface area contributed by atoms with Gasteiger partial charge in [0, 0.05) is 15.7 Å². The van der Waals surface area contributed by atoms with Gasteiger partial charge in [0.1, 0.15) is 18.2 Å². The van der Waals surface area contributed by atoms with Crippen LogP contribution in [0.5, 0.6) is 5.75 Å². The summed E-state index contributed by atoms with van der Waals surface area (Å²) in [4.78, 5) is 0. The minimum Gasteiger partial charge on any atom is -0.488 e. The standard InChI is InChI=1S/C13H10Br2FNO/c14-9-2-4-13(11(15)5-9)18-7-8-1-3-10(16)6-12(8)17/h1-6H,7,17H2. The van der Waals surface area contributed by atoms with Crippen molar-refractivity contribution in [3.8, 4) is 5.75 Å². The molecular weight excluding hydrogens is 365 g/mol. The van der Waals surface area contributed by atoms with E-state index in [0.717, 1.165) is 14.5 Å². The van der Waals surface area contributed by atoms with Crippen LogP contribution < -0.4 is 10.5 Å². The smallest absolute Gasteiger partial charge is 0.134 e. The van der Waals surface area contributed by atoms with E-state index in [1.54, 1.807) is 6.07 Å². The first-order valence-corrected chi connectivity index (χ1v) is 6.76. The van der Waals surface area contributed by atoms with Crippen molar-refractivity contribution in [1.82, 2.24) is 0 Å². The number of benzene rings is 2. The van der Waals surface area contributed by atoms with Crippen molar-refractivity contribution in [3.05, 3.63) is 56.7 Å². The van der Waals surface area contributed by atoms with E-state index in [1.807, 2.05) is 18.2 Å². The third kappa shape index (κ3) is 3.23. The summed E-state index contributed by atoms with van der Waals surface area (Å²) in [7, 11) is 0. The highest BCUT2D eigenvalue weighted by molar-refractivity contribution is 9.11. The molecule has 94 valence electrons. The Bertz CT molecular complexity index is 523. The van der Waals surface area contributed by atoms with Crippen molar-refractivity contribution in [2.45, 2.75) is 6.61 Å². The molecule has 0 saturated carbocycles. The zero-order valence-electron chi connectivity index (χ0n) is 9.29. The number of ether oxygens (including phenoxy) is 1. The third-order valence-corrected chi connectivity index (χ3v) is 3.50. The van der Waals surface area contributed by atoms with Gasteiger partial charge in [-0.1, -0.05) is 22.0 Å². The van der Waals surface area contributed by atoms with E-state index in [0.29, 0.717) is 18.0 Å². The lowest BCUT2D eigenvalue weighted by Gasteiger charge is -2.10. The summed E-state index contributed by atoms with van der Waals surface area (Å²) >= 11 is 6.77. The molecule has 2 nitrogen and oxygen atoms in total. The van der Waals surface area contributed by atoms with E-state index in [1.165, 1.54) is 12.1 Å². The molecule has 0 radical (unpaired) electrons. The van der Waals surface area contributed by atoms with Crippen LogP contribution in [0.4, 0.5) is 10.1 Å². The van der Waals surface area contributed by atoms with Gasteiger partial charge >= 0.3 is 0 Å². The van der Waals surface area contributed by atoms with Gasteiger partial charge in [0.2, 0.25) is 0 Å². The van der Waals surface area contributed by atoms with Crippen molar-refractivity contribution < 1.29 is 9.13 Å². The maximum absolute atomic E-state index is 12.9. The Morgan fingerprint density at radius 3 is 2.56 bits per heavy atom. The SMILES string of the molecule is Nc1cc(F)ccc1COc1ccc(Br)cc1Br. The van der Waals surface area contributed by atoms with Gasteiger partial charge in [0.15, 0.2) is 0 Å². The van der Waals surface area contributed by atoms with E-state index < -0.39 is 0 Å². The first-order valence-electron chi connectivity index (χ1n) is 5.18. The highest BCUT2D eigenvalue weighted by atomic mass is 79.9. The quantitative estimate of drug-likeness (QED) is 0.802. The van der Waals surface area contributed by atoms with Gasteiger partial charge in [-0.2, -0.15) is 0 Å². The van der Waals surface area contributed by atoms with Crippen LogP contribution in [0.1, 0.15) is 5.56 Å². The second-order valence-corrected chi connectivity index (χ2v) is 5.48. The molecule has 0 atom stereocenters. The molecule has 0 saturated heterocycles. The summed E-state index contributed by atoms with van der Waals surface area (Å²) in [6.45, 7) is 0.298. The largest absolute Gasteiger partial charge is 0.488 e. The van der Waals surface area contributed by atoms with Gasteiger partial charge in [0.25, 0.3) is 0 Å². The molecule has 5 heteroatoms. The number of nitrogens with two attached hydrogens (primary N) is 1. The van der Waals surface area contributed by atoms with Gasteiger partial charge in [-0.15, -0.1) is 0 Å². The molecule has 0 aliphatic heterocycles. The minimum absolute atomic E-state index is 0.298. The van der Waals surface area contributed by atoms with E-state index in [4.69, 9.17) is 10.5 Å². The number of hydrogen-bond acceptors (Lipinski definition) is 2. The Labute approximate surface area is 121 Å². The zero-order chi connectivity index (χ0) is 13.1. The van der Waals surface area contributed by atoms with Gasteiger partial charge < -0.3 is 10.5 Å². The second-order valence-electron chi connectivity index (χ2n) is 3.71. The number of rotatable bonds is 3. The van der Waals surface area contributed by atoms with Crippen LogP contribution in [0, 0.1) is 5.82 Å². The Morgan fingerprint density at radius 2 is 1.89 bits per heavy atom. The highest BCUT2D eigenvalue weighted by Crippen LogP contribution is 2.29. The van der Waals surface area contributed by atoms with Crippen molar-refractivity contribution in [1.29, 1.82) is 0 Å². The number of nitrogen functional groups attached to an aromatic ring is 1. The topological polar surface area (TPSA) is 35.2 Å². The fourth-order valence-electron chi connectivity index (χ4n) is 1.45. The lowest BCUT2D eigenvalue weighted by Crippen LogP contribution is -2.01. The minimum atomic E-state index is -0.346. The van der Waals surface area contributed by atoms with Crippen LogP contribution in [0.25, 0.3) is 0 Å². The molecule has 0 fully saturated rings. The molecule has 0 amide bonds. The van der Waals surface area contributed by atoms with Crippen LogP contribution in [-0.2, 0) is 6.61 Å². The van der Waals surface area contributed by atoms with Gasteiger partial charge in [-0.25, -0.2) is 4.39 Å². The molecule has 2 N–H and O–H groups in total. The fourth-order valence-corrected chi connectivity index (χ4v) is 2.61. The van der Waals surface area contributed by atoms with Crippen LogP contribution >= 0.6 is 31.9 Å². The van der Waals surface area contributed by atoms with Crippen molar-refractivity contribution in [3.63, 3.8) is 0 Å². The molecule has 0 aromatic heterocycles. The van der Waals surface area contributed by atoms with Crippen LogP contribution in [-0.4, -0.2) is 0 Å². The Kier molecular flexibility index (Phi) is 4.24. The summed E-state index contributed by atoms with van der Waals surface area (Å²) in [5.74, 6) is 0.364. The lowest BCUT2D eigenvalue weighted by molar-refractivity contribution is 0.305. The van der Waals surface area contributed by atoms with Gasteiger partial charge in [-0.05, 0) is 46.3 Å². The van der Waals surface area contributed by atoms with Crippen molar-refractivity contribution in [2.75, 3.05) is 5.73 Å². The van der Waals surface area contributed by atoms with Crippen molar-refractivity contribution in [2.24, 2.45) is 0 Å². The van der Waals surface area contributed by atoms with Crippen molar-refractivity contribution >= 4 is 37.5 Å². The number of halogens is 3. The highest BCUT2D eigenvalue weighted by Gasteiger charge is 2.05. The molecule has 0 unspecified atom stereocenters. The lowest BCUT2D eigenvalue weighted by atomic mass is 10.2. The summed E-state index contributed by atoms with van der Waals surface area (Å²) in [6, 6.07) is 9.89. The molecule has 2 aromatic rings. The summed E-state index contributed by atoms with van der Waals surface area (Å²) in [5.41, 5.74) is 6.86.